The molecule has 0 aromatic heterocycles. The summed E-state index contributed by atoms with van der Waals surface area (Å²) in [6.45, 7) is 3.02. The third kappa shape index (κ3) is 2.81. The van der Waals surface area contributed by atoms with Gasteiger partial charge in [-0.25, -0.2) is 9.59 Å². The molecule has 0 aliphatic carbocycles. The van der Waals surface area contributed by atoms with Gasteiger partial charge >= 0.3 is 11.9 Å². The van der Waals surface area contributed by atoms with Crippen LogP contribution in [0.25, 0.3) is 6.08 Å². The van der Waals surface area contributed by atoms with Gasteiger partial charge in [0.15, 0.2) is 17.0 Å². The molecule has 1 amide bonds. The molecule has 8 nitrogen and oxygen atoms in total. The van der Waals surface area contributed by atoms with Gasteiger partial charge in [0.05, 0.1) is 0 Å². The zero-order valence-corrected chi connectivity index (χ0v) is 12.9. The Morgan fingerprint density at radius 3 is 2.54 bits per heavy atom. The highest BCUT2D eigenvalue weighted by Gasteiger charge is 2.48. The van der Waals surface area contributed by atoms with Gasteiger partial charge in [0, 0.05) is 29.3 Å². The number of carbonyl (C=O) groups is 3. The first kappa shape index (κ1) is 17.1. The fraction of sp³-hybridized carbons (Fsp3) is 0.188. The summed E-state index contributed by atoms with van der Waals surface area (Å²) in [5, 5.41) is 30.7. The van der Waals surface area contributed by atoms with Crippen LogP contribution in [0.3, 0.4) is 0 Å². The van der Waals surface area contributed by atoms with Crippen molar-refractivity contribution in [2.45, 2.75) is 19.4 Å². The highest BCUT2D eigenvalue weighted by molar-refractivity contribution is 6.00. The van der Waals surface area contributed by atoms with Gasteiger partial charge in [0.2, 0.25) is 5.91 Å². The summed E-state index contributed by atoms with van der Waals surface area (Å²) in [7, 11) is 0. The normalized spacial score (nSPS) is 19.5. The van der Waals surface area contributed by atoms with Gasteiger partial charge in [-0.05, 0) is 13.8 Å². The number of hydrogen-bond donors (Lipinski definition) is 4. The molecule has 0 fully saturated rings. The summed E-state index contributed by atoms with van der Waals surface area (Å²) in [5.41, 5.74) is -1.38. The van der Waals surface area contributed by atoms with E-state index in [4.69, 9.17) is 9.84 Å². The predicted octanol–water partition coefficient (Wildman–Crippen LogP) is 1.02. The maximum atomic E-state index is 12.2. The van der Waals surface area contributed by atoms with Crippen LogP contribution in [0.1, 0.15) is 25.0 Å². The van der Waals surface area contributed by atoms with E-state index in [-0.39, 0.29) is 16.9 Å². The number of carboxylic acid groups (broad SMARTS) is 1. The Labute approximate surface area is 136 Å². The van der Waals surface area contributed by atoms with E-state index < -0.39 is 34.9 Å². The first-order chi connectivity index (χ1) is 11.2. The number of fused-ring (bicyclic) bond motifs is 1. The van der Waals surface area contributed by atoms with E-state index in [1.54, 1.807) is 13.0 Å². The minimum atomic E-state index is -1.66. The molecule has 1 aliphatic heterocycles. The lowest BCUT2D eigenvalue weighted by Gasteiger charge is -2.23. The summed E-state index contributed by atoms with van der Waals surface area (Å²) in [5.74, 6) is -3.92. The third-order valence-electron chi connectivity index (χ3n) is 3.48. The van der Waals surface area contributed by atoms with Gasteiger partial charge in [-0.15, -0.1) is 0 Å². The zero-order chi connectivity index (χ0) is 18.1. The van der Waals surface area contributed by atoms with Crippen LogP contribution in [0.2, 0.25) is 0 Å². The number of aromatic hydroxyl groups is 2. The number of carbonyl (C=O) groups excluding carboxylic acids is 2. The standard InChI is InChI=1S/C16H15NO7/c1-3-4-8-13-10(7-9(18)14(8)22)24-15(23)16(13,2)17-11(19)5-6-12(20)21/h3-7,18,22H,1-2H3,(H,17,19)(H,20,21)/b4-3+,6-5+. The summed E-state index contributed by atoms with van der Waals surface area (Å²) in [6.07, 6.45) is 4.41. The lowest BCUT2D eigenvalue weighted by molar-refractivity contribution is -0.141. The van der Waals surface area contributed by atoms with Crippen molar-refractivity contribution in [3.8, 4) is 17.2 Å². The molecule has 0 bridgehead atoms. The van der Waals surface area contributed by atoms with Crippen molar-refractivity contribution in [2.24, 2.45) is 0 Å². The fourth-order valence-electron chi connectivity index (χ4n) is 2.43. The monoisotopic (exact) mass is 333 g/mol. The molecule has 1 heterocycles. The molecule has 24 heavy (non-hydrogen) atoms. The molecular weight excluding hydrogens is 318 g/mol. The van der Waals surface area contributed by atoms with Crippen LogP contribution in [-0.4, -0.2) is 33.2 Å². The zero-order valence-electron chi connectivity index (χ0n) is 12.9. The maximum Gasteiger partial charge on any atom is 0.341 e. The highest BCUT2D eigenvalue weighted by atomic mass is 16.5. The second kappa shape index (κ2) is 6.07. The first-order valence-corrected chi connectivity index (χ1v) is 6.88. The van der Waals surface area contributed by atoms with Crippen molar-refractivity contribution >= 4 is 23.9 Å². The van der Waals surface area contributed by atoms with E-state index >= 15 is 0 Å². The smallest absolute Gasteiger partial charge is 0.341 e. The van der Waals surface area contributed by atoms with Crippen molar-refractivity contribution in [3.05, 3.63) is 35.4 Å². The number of allylic oxidation sites excluding steroid dienone is 1. The quantitative estimate of drug-likeness (QED) is 0.280. The second-order valence-corrected chi connectivity index (χ2v) is 5.21. The number of ether oxygens (including phenoxy) is 1. The van der Waals surface area contributed by atoms with Crippen LogP contribution >= 0.6 is 0 Å². The molecule has 1 aromatic rings. The molecule has 1 aliphatic rings. The number of phenolic OH excluding ortho intramolecular Hbond substituents is 2. The summed E-state index contributed by atoms with van der Waals surface area (Å²) < 4.78 is 5.07. The van der Waals surface area contributed by atoms with E-state index in [2.05, 4.69) is 5.32 Å². The van der Waals surface area contributed by atoms with E-state index in [1.165, 1.54) is 13.0 Å². The Kier molecular flexibility index (Phi) is 4.32. The fourth-order valence-corrected chi connectivity index (χ4v) is 2.43. The average Bonchev–Trinajstić information content (AvgIpc) is 2.72. The molecule has 0 saturated heterocycles. The predicted molar refractivity (Wildman–Crippen MR) is 82.4 cm³/mol. The Hall–Kier alpha value is -3.29. The number of hydrogen-bond acceptors (Lipinski definition) is 6. The number of phenols is 2. The molecule has 8 heteroatoms. The van der Waals surface area contributed by atoms with E-state index in [0.717, 1.165) is 12.1 Å². The van der Waals surface area contributed by atoms with Gasteiger partial charge < -0.3 is 25.4 Å². The highest BCUT2D eigenvalue weighted by Crippen LogP contribution is 2.47. The molecule has 1 atom stereocenters. The molecular formula is C16H15NO7. The minimum absolute atomic E-state index is 0.00610. The number of aliphatic carboxylic acids is 1. The number of amides is 1. The molecule has 1 unspecified atom stereocenters. The maximum absolute atomic E-state index is 12.2. The van der Waals surface area contributed by atoms with Crippen LogP contribution in [0.5, 0.6) is 17.2 Å². The summed E-state index contributed by atoms with van der Waals surface area (Å²) >= 11 is 0. The van der Waals surface area contributed by atoms with E-state index in [0.29, 0.717) is 6.08 Å². The first-order valence-electron chi connectivity index (χ1n) is 6.88. The van der Waals surface area contributed by atoms with Crippen molar-refractivity contribution in [3.63, 3.8) is 0 Å². The summed E-state index contributed by atoms with van der Waals surface area (Å²) in [6, 6.07) is 1.07. The third-order valence-corrected chi connectivity index (χ3v) is 3.48. The van der Waals surface area contributed by atoms with Gasteiger partial charge in [-0.2, -0.15) is 0 Å². The number of esters is 1. The number of benzene rings is 1. The largest absolute Gasteiger partial charge is 0.504 e. The topological polar surface area (TPSA) is 133 Å². The van der Waals surface area contributed by atoms with Crippen LogP contribution in [0, 0.1) is 0 Å². The van der Waals surface area contributed by atoms with Crippen molar-refractivity contribution in [1.29, 1.82) is 0 Å². The molecule has 2 rings (SSSR count). The molecule has 0 radical (unpaired) electrons. The van der Waals surface area contributed by atoms with Crippen LogP contribution in [-0.2, 0) is 19.9 Å². The van der Waals surface area contributed by atoms with E-state index in [9.17, 15) is 24.6 Å². The molecule has 1 aromatic carbocycles. The second-order valence-electron chi connectivity index (χ2n) is 5.21. The Morgan fingerprint density at radius 2 is 1.96 bits per heavy atom. The number of carboxylic acids is 1. The lowest BCUT2D eigenvalue weighted by Crippen LogP contribution is -2.47. The van der Waals surface area contributed by atoms with Crippen molar-refractivity contribution in [2.75, 3.05) is 0 Å². The Morgan fingerprint density at radius 1 is 1.29 bits per heavy atom. The molecule has 4 N–H and O–H groups in total. The Bertz CT molecular complexity index is 794. The van der Waals surface area contributed by atoms with Crippen LogP contribution in [0.15, 0.2) is 24.3 Å². The van der Waals surface area contributed by atoms with Crippen LogP contribution < -0.4 is 10.1 Å². The lowest BCUT2D eigenvalue weighted by atomic mass is 9.88. The van der Waals surface area contributed by atoms with Gasteiger partial charge in [-0.3, -0.25) is 4.79 Å². The van der Waals surface area contributed by atoms with Gasteiger partial charge in [0.1, 0.15) is 5.75 Å². The van der Waals surface area contributed by atoms with Gasteiger partial charge in [-0.1, -0.05) is 12.2 Å². The minimum Gasteiger partial charge on any atom is -0.504 e. The number of nitrogens with one attached hydrogen (secondary N) is 1. The van der Waals surface area contributed by atoms with Crippen molar-refractivity contribution in [1.82, 2.24) is 5.32 Å². The van der Waals surface area contributed by atoms with Crippen LogP contribution in [0.4, 0.5) is 0 Å². The summed E-state index contributed by atoms with van der Waals surface area (Å²) in [4.78, 5) is 34.6. The molecule has 0 saturated carbocycles. The van der Waals surface area contributed by atoms with Crippen molar-refractivity contribution < 1.29 is 34.4 Å². The van der Waals surface area contributed by atoms with Gasteiger partial charge in [0.25, 0.3) is 0 Å². The number of rotatable bonds is 4. The molecule has 126 valence electrons. The molecule has 0 spiro atoms. The SMILES string of the molecule is C/C=C/c1c(O)c(O)cc2c1C(C)(NC(=O)/C=C/C(=O)O)C(=O)O2. The van der Waals surface area contributed by atoms with E-state index in [1.807, 2.05) is 0 Å². The average molecular weight is 333 g/mol. The Balaban J connectivity index is 2.56.